The molecule has 5 heteroatoms. The van der Waals surface area contributed by atoms with Crippen molar-refractivity contribution in [3.8, 4) is 11.1 Å². The molecule has 0 aromatic heterocycles. The third-order valence-electron chi connectivity index (χ3n) is 5.84. The van der Waals surface area contributed by atoms with Crippen LogP contribution in [0, 0.1) is 17.3 Å². The molecule has 1 unspecified atom stereocenters. The molecule has 2 aromatic carbocycles. The SMILES string of the molecule is CC(C)CCC(CO)(COC(=O)c1ccccc1-c1ccccc1C(=O)O)C(C)C. The van der Waals surface area contributed by atoms with Crippen LogP contribution in [-0.4, -0.2) is 35.4 Å². The van der Waals surface area contributed by atoms with Crippen molar-refractivity contribution in [3.05, 3.63) is 59.7 Å². The molecule has 0 spiro atoms. The van der Waals surface area contributed by atoms with E-state index >= 15 is 0 Å². The molecule has 0 saturated carbocycles. The fraction of sp³-hybridized carbons (Fsp3) is 0.440. The van der Waals surface area contributed by atoms with Gasteiger partial charge in [0.05, 0.1) is 24.3 Å². The smallest absolute Gasteiger partial charge is 0.338 e. The van der Waals surface area contributed by atoms with Gasteiger partial charge in [-0.05, 0) is 41.5 Å². The van der Waals surface area contributed by atoms with E-state index in [2.05, 4.69) is 13.8 Å². The number of hydrogen-bond acceptors (Lipinski definition) is 4. The highest BCUT2D eigenvalue weighted by Gasteiger charge is 2.35. The number of aliphatic hydroxyl groups excluding tert-OH is 1. The van der Waals surface area contributed by atoms with Gasteiger partial charge in [-0.3, -0.25) is 0 Å². The number of aliphatic hydroxyl groups is 1. The zero-order valence-corrected chi connectivity index (χ0v) is 18.2. The van der Waals surface area contributed by atoms with Gasteiger partial charge in [0.25, 0.3) is 0 Å². The molecule has 162 valence electrons. The van der Waals surface area contributed by atoms with Gasteiger partial charge in [0.15, 0.2) is 0 Å². The molecule has 2 rings (SSSR count). The predicted molar refractivity (Wildman–Crippen MR) is 118 cm³/mol. The Morgan fingerprint density at radius 3 is 1.97 bits per heavy atom. The highest BCUT2D eigenvalue weighted by atomic mass is 16.5. The van der Waals surface area contributed by atoms with E-state index in [-0.39, 0.29) is 24.7 Å². The number of carbonyl (C=O) groups is 2. The van der Waals surface area contributed by atoms with Gasteiger partial charge in [0.2, 0.25) is 0 Å². The summed E-state index contributed by atoms with van der Waals surface area (Å²) in [6, 6.07) is 13.4. The molecule has 0 fully saturated rings. The Kier molecular flexibility index (Phi) is 8.18. The average Bonchev–Trinajstić information content (AvgIpc) is 2.73. The summed E-state index contributed by atoms with van der Waals surface area (Å²) in [7, 11) is 0. The van der Waals surface area contributed by atoms with Gasteiger partial charge in [-0.1, -0.05) is 70.5 Å². The minimum atomic E-state index is -1.05. The van der Waals surface area contributed by atoms with Crippen molar-refractivity contribution in [1.29, 1.82) is 0 Å². The lowest BCUT2D eigenvalue weighted by Crippen LogP contribution is -2.37. The summed E-state index contributed by atoms with van der Waals surface area (Å²) in [5.74, 6) is -0.953. The van der Waals surface area contributed by atoms with Crippen LogP contribution in [0.3, 0.4) is 0 Å². The van der Waals surface area contributed by atoms with Crippen molar-refractivity contribution in [1.82, 2.24) is 0 Å². The number of hydrogen-bond donors (Lipinski definition) is 2. The van der Waals surface area contributed by atoms with Crippen molar-refractivity contribution in [3.63, 3.8) is 0 Å². The summed E-state index contributed by atoms with van der Waals surface area (Å²) in [5, 5.41) is 19.6. The van der Waals surface area contributed by atoms with E-state index in [4.69, 9.17) is 4.74 Å². The van der Waals surface area contributed by atoms with Crippen LogP contribution < -0.4 is 0 Å². The van der Waals surface area contributed by atoms with E-state index in [1.54, 1.807) is 42.5 Å². The van der Waals surface area contributed by atoms with Crippen LogP contribution in [0.15, 0.2) is 48.5 Å². The third-order valence-corrected chi connectivity index (χ3v) is 5.84. The fourth-order valence-electron chi connectivity index (χ4n) is 3.50. The molecule has 2 N–H and O–H groups in total. The molecule has 0 aliphatic carbocycles. The van der Waals surface area contributed by atoms with Gasteiger partial charge in [0, 0.05) is 5.41 Å². The highest BCUT2D eigenvalue weighted by molar-refractivity contribution is 6.02. The summed E-state index contributed by atoms with van der Waals surface area (Å²) in [6.07, 6.45) is 1.69. The molecule has 0 aliphatic rings. The first-order chi connectivity index (χ1) is 14.2. The van der Waals surface area contributed by atoms with Crippen molar-refractivity contribution in [2.24, 2.45) is 17.3 Å². The van der Waals surface area contributed by atoms with Crippen LogP contribution in [-0.2, 0) is 4.74 Å². The summed E-state index contributed by atoms with van der Waals surface area (Å²) >= 11 is 0. The standard InChI is InChI=1S/C25H32O5/c1-17(2)13-14-25(15-26,18(3)4)16-30-24(29)22-12-8-6-10-20(22)19-9-5-7-11-21(19)23(27)28/h5-12,17-18,26H,13-16H2,1-4H3,(H,27,28). The first-order valence-electron chi connectivity index (χ1n) is 10.4. The minimum Gasteiger partial charge on any atom is -0.478 e. The number of carbonyl (C=O) groups excluding carboxylic acids is 1. The van der Waals surface area contributed by atoms with Crippen LogP contribution in [0.1, 0.15) is 61.3 Å². The zero-order chi connectivity index (χ0) is 22.3. The average molecular weight is 413 g/mol. The van der Waals surface area contributed by atoms with Crippen LogP contribution in [0.2, 0.25) is 0 Å². The van der Waals surface area contributed by atoms with E-state index in [1.807, 2.05) is 13.8 Å². The van der Waals surface area contributed by atoms with Crippen LogP contribution in [0.25, 0.3) is 11.1 Å². The fourth-order valence-corrected chi connectivity index (χ4v) is 3.50. The molecule has 0 saturated heterocycles. The first kappa shape index (κ1) is 23.6. The Hall–Kier alpha value is -2.66. The predicted octanol–water partition coefficient (Wildman–Crippen LogP) is 5.28. The van der Waals surface area contributed by atoms with E-state index in [1.165, 1.54) is 6.07 Å². The van der Waals surface area contributed by atoms with E-state index in [9.17, 15) is 19.8 Å². The Balaban J connectivity index is 2.31. The summed E-state index contributed by atoms with van der Waals surface area (Å²) in [6.45, 7) is 8.37. The second-order valence-corrected chi connectivity index (χ2v) is 8.58. The second kappa shape index (κ2) is 10.4. The van der Waals surface area contributed by atoms with Crippen molar-refractivity contribution in [2.75, 3.05) is 13.2 Å². The number of ether oxygens (including phenoxy) is 1. The van der Waals surface area contributed by atoms with Crippen molar-refractivity contribution < 1.29 is 24.5 Å². The van der Waals surface area contributed by atoms with Gasteiger partial charge in [-0.2, -0.15) is 0 Å². The normalized spacial score (nSPS) is 13.3. The maximum Gasteiger partial charge on any atom is 0.338 e. The quantitative estimate of drug-likeness (QED) is 0.519. The van der Waals surface area contributed by atoms with E-state index in [0.29, 0.717) is 22.6 Å². The third kappa shape index (κ3) is 5.48. The maximum atomic E-state index is 13.0. The molecule has 0 radical (unpaired) electrons. The van der Waals surface area contributed by atoms with Crippen molar-refractivity contribution >= 4 is 11.9 Å². The van der Waals surface area contributed by atoms with Gasteiger partial charge >= 0.3 is 11.9 Å². The zero-order valence-electron chi connectivity index (χ0n) is 18.2. The summed E-state index contributed by atoms with van der Waals surface area (Å²) < 4.78 is 5.69. The Morgan fingerprint density at radius 1 is 0.933 bits per heavy atom. The molecular weight excluding hydrogens is 380 g/mol. The Morgan fingerprint density at radius 2 is 1.47 bits per heavy atom. The number of carboxylic acid groups (broad SMARTS) is 1. The number of carboxylic acids is 1. The maximum absolute atomic E-state index is 13.0. The molecule has 30 heavy (non-hydrogen) atoms. The molecule has 5 nitrogen and oxygen atoms in total. The van der Waals surface area contributed by atoms with Crippen molar-refractivity contribution in [2.45, 2.75) is 40.5 Å². The first-order valence-corrected chi connectivity index (χ1v) is 10.4. The second-order valence-electron chi connectivity index (χ2n) is 8.58. The van der Waals surface area contributed by atoms with Gasteiger partial charge < -0.3 is 14.9 Å². The number of aromatic carboxylic acids is 1. The number of benzene rings is 2. The molecule has 0 heterocycles. The van der Waals surface area contributed by atoms with Crippen LogP contribution >= 0.6 is 0 Å². The van der Waals surface area contributed by atoms with Gasteiger partial charge in [0.1, 0.15) is 0 Å². The largest absolute Gasteiger partial charge is 0.478 e. The molecule has 1 atom stereocenters. The lowest BCUT2D eigenvalue weighted by Gasteiger charge is -2.36. The molecule has 2 aromatic rings. The minimum absolute atomic E-state index is 0.0613. The summed E-state index contributed by atoms with van der Waals surface area (Å²) in [4.78, 5) is 24.6. The molecule has 0 aliphatic heterocycles. The number of rotatable bonds is 10. The lowest BCUT2D eigenvalue weighted by molar-refractivity contribution is -0.0179. The highest BCUT2D eigenvalue weighted by Crippen LogP contribution is 2.35. The topological polar surface area (TPSA) is 83.8 Å². The van der Waals surface area contributed by atoms with E-state index in [0.717, 1.165) is 12.8 Å². The molecular formula is C25H32O5. The lowest BCUT2D eigenvalue weighted by atomic mass is 9.74. The monoisotopic (exact) mass is 412 g/mol. The summed E-state index contributed by atoms with van der Waals surface area (Å²) in [5.41, 5.74) is 0.914. The van der Waals surface area contributed by atoms with Gasteiger partial charge in [-0.15, -0.1) is 0 Å². The Labute approximate surface area is 178 Å². The number of esters is 1. The van der Waals surface area contributed by atoms with Crippen LogP contribution in [0.5, 0.6) is 0 Å². The van der Waals surface area contributed by atoms with E-state index < -0.39 is 17.4 Å². The molecule has 0 bridgehead atoms. The molecule has 0 amide bonds. The van der Waals surface area contributed by atoms with Gasteiger partial charge in [-0.25, -0.2) is 9.59 Å². The van der Waals surface area contributed by atoms with Crippen LogP contribution in [0.4, 0.5) is 0 Å². The Bertz CT molecular complexity index is 871.